The maximum Gasteiger partial charge on any atom is 0.0525 e. The average Bonchev–Trinajstić information content (AvgIpc) is 3.35. The molecule has 0 saturated carbocycles. The summed E-state index contributed by atoms with van der Waals surface area (Å²) in [5.41, 5.74) is 9.33. The zero-order valence-electron chi connectivity index (χ0n) is 14.7. The topological polar surface area (TPSA) is 65.3 Å². The number of aliphatic hydroxyl groups excluding tert-OH is 1. The number of aliphatic hydroxyl groups is 1. The predicted octanol–water partition coefficient (Wildman–Crippen LogP) is 0.893. The lowest BCUT2D eigenvalue weighted by atomic mass is 9.92. The number of nitrogens with zero attached hydrogens (tertiary/aromatic N) is 3. The summed E-state index contributed by atoms with van der Waals surface area (Å²) in [4.78, 5) is 2.51. The van der Waals surface area contributed by atoms with Gasteiger partial charge in [0.1, 0.15) is 0 Å². The van der Waals surface area contributed by atoms with Gasteiger partial charge in [-0.15, -0.1) is 0 Å². The van der Waals surface area contributed by atoms with Crippen molar-refractivity contribution in [3.05, 3.63) is 53.9 Å². The predicted molar refractivity (Wildman–Crippen MR) is 96.8 cm³/mol. The number of hydrogen-bond donors (Lipinski definition) is 3. The molecular weight excluding hydrogens is 314 g/mol. The molecule has 2 aliphatic heterocycles. The number of hydrazine groups is 1. The number of hydrogen-bond acceptors (Lipinski definition) is 5. The lowest BCUT2D eigenvalue weighted by Gasteiger charge is -2.24. The summed E-state index contributed by atoms with van der Waals surface area (Å²) in [6, 6.07) is 11.0. The zero-order chi connectivity index (χ0) is 17.2. The molecule has 0 amide bonds. The van der Waals surface area contributed by atoms with Gasteiger partial charge < -0.3 is 10.0 Å². The summed E-state index contributed by atoms with van der Waals surface area (Å²) in [6.45, 7) is 4.19. The van der Waals surface area contributed by atoms with E-state index >= 15 is 0 Å². The van der Waals surface area contributed by atoms with Gasteiger partial charge in [0.15, 0.2) is 0 Å². The van der Waals surface area contributed by atoms with Gasteiger partial charge in [0.25, 0.3) is 0 Å². The van der Waals surface area contributed by atoms with E-state index in [-0.39, 0.29) is 6.61 Å². The van der Waals surface area contributed by atoms with Gasteiger partial charge in [0.05, 0.1) is 12.2 Å². The Bertz CT molecular complexity index is 688. The van der Waals surface area contributed by atoms with Crippen LogP contribution in [0.5, 0.6) is 0 Å². The highest BCUT2D eigenvalue weighted by molar-refractivity contribution is 5.21. The van der Waals surface area contributed by atoms with Crippen molar-refractivity contribution in [2.45, 2.75) is 12.0 Å². The minimum Gasteiger partial charge on any atom is -0.396 e. The standard InChI is InChI=1S/C19H27N5O/c1-23-9-15(8-21-23)18-12-24(11-17(18)13-25)10-16-7-20-22-19(16)14-5-3-2-4-6-14/h2-6,8-9,16-20,22,25H,7,10-13H2,1H3/t16?,17-,18-,19?/m0/s1. The van der Waals surface area contributed by atoms with Crippen LogP contribution in [0.1, 0.15) is 23.1 Å². The van der Waals surface area contributed by atoms with Crippen LogP contribution in [0.2, 0.25) is 0 Å². The molecule has 1 aromatic heterocycles. The van der Waals surface area contributed by atoms with Crippen LogP contribution >= 0.6 is 0 Å². The van der Waals surface area contributed by atoms with E-state index in [2.05, 4.69) is 57.4 Å². The summed E-state index contributed by atoms with van der Waals surface area (Å²) in [6.07, 6.45) is 4.03. The number of aromatic nitrogens is 2. The summed E-state index contributed by atoms with van der Waals surface area (Å²) in [7, 11) is 1.95. The lowest BCUT2D eigenvalue weighted by Crippen LogP contribution is -2.32. The number of benzene rings is 1. The van der Waals surface area contributed by atoms with Gasteiger partial charge in [-0.1, -0.05) is 30.3 Å². The molecule has 0 aliphatic carbocycles. The van der Waals surface area contributed by atoms with Crippen LogP contribution < -0.4 is 10.9 Å². The van der Waals surface area contributed by atoms with Crippen LogP contribution in [0.3, 0.4) is 0 Å². The number of rotatable bonds is 5. The monoisotopic (exact) mass is 341 g/mol. The average molecular weight is 341 g/mol. The summed E-state index contributed by atoms with van der Waals surface area (Å²) in [5.74, 6) is 1.19. The van der Waals surface area contributed by atoms with Crippen molar-refractivity contribution in [3.8, 4) is 0 Å². The summed E-state index contributed by atoms with van der Waals surface area (Å²) < 4.78 is 1.85. The summed E-state index contributed by atoms with van der Waals surface area (Å²) >= 11 is 0. The highest BCUT2D eigenvalue weighted by Gasteiger charge is 2.37. The lowest BCUT2D eigenvalue weighted by molar-refractivity contribution is 0.207. The van der Waals surface area contributed by atoms with Crippen molar-refractivity contribution in [1.29, 1.82) is 0 Å². The van der Waals surface area contributed by atoms with E-state index in [1.807, 2.05) is 17.9 Å². The van der Waals surface area contributed by atoms with Crippen LogP contribution in [-0.4, -0.2) is 52.6 Å². The molecule has 0 radical (unpaired) electrons. The molecule has 4 atom stereocenters. The third-order valence-corrected chi connectivity index (χ3v) is 5.65. The molecule has 3 N–H and O–H groups in total. The second kappa shape index (κ2) is 7.25. The molecule has 2 aromatic rings. The normalized spacial score (nSPS) is 30.2. The van der Waals surface area contributed by atoms with Crippen LogP contribution in [0.4, 0.5) is 0 Å². The molecule has 2 saturated heterocycles. The van der Waals surface area contributed by atoms with Crippen molar-refractivity contribution < 1.29 is 5.11 Å². The maximum atomic E-state index is 9.83. The first-order chi connectivity index (χ1) is 12.2. The van der Waals surface area contributed by atoms with Crippen LogP contribution in [0.15, 0.2) is 42.7 Å². The first-order valence-corrected chi connectivity index (χ1v) is 9.09. The summed E-state index contributed by atoms with van der Waals surface area (Å²) in [5, 5.41) is 14.1. The van der Waals surface area contributed by atoms with E-state index in [1.54, 1.807) is 0 Å². The molecule has 2 fully saturated rings. The van der Waals surface area contributed by atoms with E-state index in [0.717, 1.165) is 26.2 Å². The molecule has 6 nitrogen and oxygen atoms in total. The number of likely N-dealkylation sites (tertiary alicyclic amines) is 1. The fraction of sp³-hybridized carbons (Fsp3) is 0.526. The molecule has 3 heterocycles. The minimum atomic E-state index is 0.235. The van der Waals surface area contributed by atoms with Gasteiger partial charge in [-0.05, 0) is 11.1 Å². The first-order valence-electron chi connectivity index (χ1n) is 9.09. The molecule has 134 valence electrons. The first kappa shape index (κ1) is 16.7. The molecular formula is C19H27N5O. The Labute approximate surface area is 148 Å². The largest absolute Gasteiger partial charge is 0.396 e. The van der Waals surface area contributed by atoms with Crippen molar-refractivity contribution in [1.82, 2.24) is 25.5 Å². The van der Waals surface area contributed by atoms with Gasteiger partial charge >= 0.3 is 0 Å². The molecule has 2 unspecified atom stereocenters. The van der Waals surface area contributed by atoms with Crippen LogP contribution in [-0.2, 0) is 7.05 Å². The SMILES string of the molecule is Cn1cc([C@@H]2CN(CC3CNNC3c3ccccc3)C[C@H]2CO)cn1. The molecule has 2 aliphatic rings. The quantitative estimate of drug-likeness (QED) is 0.754. The second-order valence-corrected chi connectivity index (χ2v) is 7.39. The number of aryl methyl sites for hydroxylation is 1. The van der Waals surface area contributed by atoms with Gasteiger partial charge in [0, 0.05) is 63.8 Å². The van der Waals surface area contributed by atoms with Crippen molar-refractivity contribution in [2.24, 2.45) is 18.9 Å². The Morgan fingerprint density at radius 3 is 2.72 bits per heavy atom. The van der Waals surface area contributed by atoms with Gasteiger partial charge in [-0.2, -0.15) is 5.10 Å². The van der Waals surface area contributed by atoms with E-state index in [4.69, 9.17) is 0 Å². The van der Waals surface area contributed by atoms with Crippen molar-refractivity contribution >= 4 is 0 Å². The van der Waals surface area contributed by atoms with E-state index < -0.39 is 0 Å². The molecule has 4 rings (SSSR count). The molecule has 25 heavy (non-hydrogen) atoms. The number of nitrogens with one attached hydrogen (secondary N) is 2. The van der Waals surface area contributed by atoms with E-state index in [9.17, 15) is 5.11 Å². The molecule has 1 aromatic carbocycles. The van der Waals surface area contributed by atoms with Crippen molar-refractivity contribution in [2.75, 3.05) is 32.8 Å². The van der Waals surface area contributed by atoms with Crippen LogP contribution in [0, 0.1) is 11.8 Å². The zero-order valence-corrected chi connectivity index (χ0v) is 14.7. The van der Waals surface area contributed by atoms with Crippen LogP contribution in [0.25, 0.3) is 0 Å². The fourth-order valence-corrected chi connectivity index (χ4v) is 4.36. The Hall–Kier alpha value is -1.73. The Morgan fingerprint density at radius 1 is 1.16 bits per heavy atom. The fourth-order valence-electron chi connectivity index (χ4n) is 4.36. The van der Waals surface area contributed by atoms with Gasteiger partial charge in [-0.25, -0.2) is 5.43 Å². The Balaban J connectivity index is 1.44. The third-order valence-electron chi connectivity index (χ3n) is 5.65. The van der Waals surface area contributed by atoms with Gasteiger partial charge in [-0.3, -0.25) is 10.1 Å². The maximum absolute atomic E-state index is 9.83. The highest BCUT2D eigenvalue weighted by Crippen LogP contribution is 2.34. The van der Waals surface area contributed by atoms with Gasteiger partial charge in [0.2, 0.25) is 0 Å². The smallest absolute Gasteiger partial charge is 0.0525 e. The molecule has 0 bridgehead atoms. The molecule has 6 heteroatoms. The Kier molecular flexibility index (Phi) is 4.85. The Morgan fingerprint density at radius 2 is 2.00 bits per heavy atom. The van der Waals surface area contributed by atoms with Crippen molar-refractivity contribution in [3.63, 3.8) is 0 Å². The third kappa shape index (κ3) is 3.48. The van der Waals surface area contributed by atoms with E-state index in [1.165, 1.54) is 11.1 Å². The minimum absolute atomic E-state index is 0.235. The highest BCUT2D eigenvalue weighted by atomic mass is 16.3. The molecule has 0 spiro atoms. The van der Waals surface area contributed by atoms with E-state index in [0.29, 0.717) is 23.8 Å². The second-order valence-electron chi connectivity index (χ2n) is 7.39.